The highest BCUT2D eigenvalue weighted by molar-refractivity contribution is 6.04. The maximum atomic E-state index is 6.39. The molecule has 6 heteroatoms. The largest absolute Gasteiger partial charge is 0.490 e. The van der Waals surface area contributed by atoms with Crippen LogP contribution in [0.5, 0.6) is 5.75 Å². The van der Waals surface area contributed by atoms with Crippen LogP contribution in [-0.2, 0) is 0 Å². The topological polar surface area (TPSA) is 74.0 Å². The van der Waals surface area contributed by atoms with Crippen molar-refractivity contribution in [1.82, 2.24) is 9.97 Å². The Hall–Kier alpha value is -2.89. The van der Waals surface area contributed by atoms with Crippen molar-refractivity contribution < 1.29 is 4.74 Å². The first-order valence-corrected chi connectivity index (χ1v) is 10.3. The van der Waals surface area contributed by atoms with Crippen LogP contribution in [0.3, 0.4) is 0 Å². The van der Waals surface area contributed by atoms with Gasteiger partial charge in [0.25, 0.3) is 0 Å². The second-order valence-corrected chi connectivity index (χ2v) is 7.36. The van der Waals surface area contributed by atoms with Gasteiger partial charge in [-0.1, -0.05) is 13.8 Å². The number of ether oxygens (including phenoxy) is 1. The van der Waals surface area contributed by atoms with Crippen LogP contribution < -0.4 is 20.7 Å². The summed E-state index contributed by atoms with van der Waals surface area (Å²) in [7, 11) is 5.81. The maximum absolute atomic E-state index is 6.39. The zero-order valence-corrected chi connectivity index (χ0v) is 18.6. The van der Waals surface area contributed by atoms with E-state index in [1.165, 1.54) is 0 Å². The molecule has 0 aliphatic rings. The monoisotopic (exact) mass is 395 g/mol. The molecule has 0 saturated heterocycles. The van der Waals surface area contributed by atoms with E-state index in [0.29, 0.717) is 0 Å². The SMILES string of the molecule is CCC(CC)Oc1cc(C)nc2c(-c3c(NC)cc(NC)cc3NC)[nH]c(C)c12. The first kappa shape index (κ1) is 20.8. The molecule has 0 atom stereocenters. The van der Waals surface area contributed by atoms with E-state index in [-0.39, 0.29) is 6.10 Å². The highest BCUT2D eigenvalue weighted by atomic mass is 16.5. The quantitative estimate of drug-likeness (QED) is 0.403. The lowest BCUT2D eigenvalue weighted by Crippen LogP contribution is -2.14. The number of H-pyrrole nitrogens is 1. The molecule has 0 unspecified atom stereocenters. The van der Waals surface area contributed by atoms with Crippen molar-refractivity contribution in [3.05, 3.63) is 29.6 Å². The van der Waals surface area contributed by atoms with E-state index in [0.717, 1.165) is 69.2 Å². The highest BCUT2D eigenvalue weighted by Crippen LogP contribution is 2.43. The van der Waals surface area contributed by atoms with Crippen LogP contribution in [0.4, 0.5) is 17.1 Å². The fraction of sp³-hybridized carbons (Fsp3) is 0.435. The average molecular weight is 396 g/mol. The summed E-state index contributed by atoms with van der Waals surface area (Å²) in [4.78, 5) is 8.49. The first-order chi connectivity index (χ1) is 14.0. The number of pyridine rings is 1. The van der Waals surface area contributed by atoms with Gasteiger partial charge in [0.1, 0.15) is 11.3 Å². The third-order valence-electron chi connectivity index (χ3n) is 5.46. The summed E-state index contributed by atoms with van der Waals surface area (Å²) in [5.41, 5.74) is 8.09. The first-order valence-electron chi connectivity index (χ1n) is 10.3. The van der Waals surface area contributed by atoms with Crippen molar-refractivity contribution >= 4 is 28.0 Å². The van der Waals surface area contributed by atoms with Gasteiger partial charge in [-0.05, 0) is 38.8 Å². The highest BCUT2D eigenvalue weighted by Gasteiger charge is 2.22. The molecule has 2 heterocycles. The molecule has 0 aliphatic carbocycles. The zero-order chi connectivity index (χ0) is 21.1. The number of benzene rings is 1. The van der Waals surface area contributed by atoms with E-state index in [9.17, 15) is 0 Å². The summed E-state index contributed by atoms with van der Waals surface area (Å²) in [5, 5.41) is 11.0. The van der Waals surface area contributed by atoms with E-state index in [1.807, 2.05) is 34.1 Å². The fourth-order valence-corrected chi connectivity index (χ4v) is 3.85. The molecule has 3 aromatic rings. The van der Waals surface area contributed by atoms with Crippen LogP contribution in [0.25, 0.3) is 22.2 Å². The van der Waals surface area contributed by atoms with Crippen molar-refractivity contribution in [2.45, 2.75) is 46.6 Å². The number of nitrogens with one attached hydrogen (secondary N) is 4. The molecule has 0 bridgehead atoms. The molecule has 3 rings (SSSR count). The minimum Gasteiger partial charge on any atom is -0.490 e. The molecule has 2 aromatic heterocycles. The van der Waals surface area contributed by atoms with Crippen molar-refractivity contribution in [2.24, 2.45) is 0 Å². The van der Waals surface area contributed by atoms with Crippen LogP contribution in [0.1, 0.15) is 38.1 Å². The lowest BCUT2D eigenvalue weighted by atomic mass is 10.0. The Balaban J connectivity index is 2.29. The number of aryl methyl sites for hydroxylation is 2. The van der Waals surface area contributed by atoms with Gasteiger partial charge in [0.15, 0.2) is 0 Å². The molecule has 0 spiro atoms. The van der Waals surface area contributed by atoms with Crippen molar-refractivity contribution in [2.75, 3.05) is 37.1 Å². The van der Waals surface area contributed by atoms with Gasteiger partial charge >= 0.3 is 0 Å². The normalized spacial score (nSPS) is 11.2. The van der Waals surface area contributed by atoms with Crippen LogP contribution in [0.15, 0.2) is 18.2 Å². The molecular weight excluding hydrogens is 362 g/mol. The Bertz CT molecular complexity index is 979. The minimum atomic E-state index is 0.202. The van der Waals surface area contributed by atoms with Gasteiger partial charge < -0.3 is 25.7 Å². The predicted molar refractivity (Wildman–Crippen MR) is 125 cm³/mol. The lowest BCUT2D eigenvalue weighted by Gasteiger charge is -2.18. The number of fused-ring (bicyclic) bond motifs is 1. The van der Waals surface area contributed by atoms with Crippen LogP contribution >= 0.6 is 0 Å². The van der Waals surface area contributed by atoms with E-state index >= 15 is 0 Å². The molecule has 29 heavy (non-hydrogen) atoms. The van der Waals surface area contributed by atoms with Crippen LogP contribution in [0.2, 0.25) is 0 Å². The summed E-state index contributed by atoms with van der Waals surface area (Å²) in [6.45, 7) is 8.43. The summed E-state index contributed by atoms with van der Waals surface area (Å²) in [6.07, 6.45) is 2.16. The number of hydrogen-bond donors (Lipinski definition) is 4. The summed E-state index contributed by atoms with van der Waals surface area (Å²) < 4.78 is 6.39. The molecule has 156 valence electrons. The second kappa shape index (κ2) is 8.64. The number of anilines is 3. The molecular formula is C23H33N5O. The maximum Gasteiger partial charge on any atom is 0.132 e. The van der Waals surface area contributed by atoms with Crippen LogP contribution in [0, 0.1) is 13.8 Å². The number of hydrogen-bond acceptors (Lipinski definition) is 5. The Morgan fingerprint density at radius 3 is 2.10 bits per heavy atom. The second-order valence-electron chi connectivity index (χ2n) is 7.36. The molecule has 0 saturated carbocycles. The van der Waals surface area contributed by atoms with E-state index in [4.69, 9.17) is 9.72 Å². The predicted octanol–water partition coefficient (Wildman–Crippen LogP) is 5.54. The van der Waals surface area contributed by atoms with Crippen molar-refractivity contribution in [3.8, 4) is 17.0 Å². The number of aromatic nitrogens is 2. The van der Waals surface area contributed by atoms with Crippen LogP contribution in [-0.4, -0.2) is 37.2 Å². The number of nitrogens with zero attached hydrogens (tertiary/aromatic N) is 1. The van der Waals surface area contributed by atoms with E-state index < -0.39 is 0 Å². The van der Waals surface area contributed by atoms with Gasteiger partial charge in [-0.3, -0.25) is 4.98 Å². The number of rotatable bonds is 8. The number of aromatic amines is 1. The average Bonchev–Trinajstić information content (AvgIpc) is 3.06. The standard InChI is InChI=1S/C23H33N5O/c1-8-16(9-2)29-19-10-13(3)27-22-20(19)14(4)28-23(22)21-17(25-6)11-15(24-5)12-18(21)26-7/h10-12,16,24-26,28H,8-9H2,1-7H3. The fourth-order valence-electron chi connectivity index (χ4n) is 3.85. The van der Waals surface area contributed by atoms with Gasteiger partial charge in [0.2, 0.25) is 0 Å². The Kier molecular flexibility index (Phi) is 6.20. The smallest absolute Gasteiger partial charge is 0.132 e. The van der Waals surface area contributed by atoms with Crippen molar-refractivity contribution in [3.63, 3.8) is 0 Å². The molecule has 4 N–H and O–H groups in total. The third kappa shape index (κ3) is 3.84. The molecule has 6 nitrogen and oxygen atoms in total. The Morgan fingerprint density at radius 1 is 0.966 bits per heavy atom. The van der Waals surface area contributed by atoms with Gasteiger partial charge in [-0.25, -0.2) is 0 Å². The summed E-state index contributed by atoms with van der Waals surface area (Å²) >= 11 is 0. The minimum absolute atomic E-state index is 0.202. The molecule has 1 aromatic carbocycles. The molecule has 0 aliphatic heterocycles. The van der Waals surface area contributed by atoms with Crippen molar-refractivity contribution in [1.29, 1.82) is 0 Å². The molecule has 0 fully saturated rings. The summed E-state index contributed by atoms with van der Waals surface area (Å²) in [6, 6.07) is 6.26. The third-order valence-corrected chi connectivity index (χ3v) is 5.46. The van der Waals surface area contributed by atoms with Gasteiger partial charge in [0.05, 0.1) is 17.2 Å². The summed E-state index contributed by atoms with van der Waals surface area (Å²) in [5.74, 6) is 0.907. The van der Waals surface area contributed by atoms with Gasteiger partial charge in [-0.2, -0.15) is 0 Å². The molecule has 0 radical (unpaired) electrons. The Morgan fingerprint density at radius 2 is 1.59 bits per heavy atom. The van der Waals surface area contributed by atoms with Gasteiger partial charge in [-0.15, -0.1) is 0 Å². The zero-order valence-electron chi connectivity index (χ0n) is 18.6. The van der Waals surface area contributed by atoms with E-state index in [1.54, 1.807) is 0 Å². The molecule has 0 amide bonds. The van der Waals surface area contributed by atoms with E-state index in [2.05, 4.69) is 53.8 Å². The van der Waals surface area contributed by atoms with Gasteiger partial charge in [0, 0.05) is 61.2 Å². The lowest BCUT2D eigenvalue weighted by molar-refractivity contribution is 0.195. The Labute approximate surface area is 173 Å².